The summed E-state index contributed by atoms with van der Waals surface area (Å²) in [4.78, 5) is 0. The number of hydrazone groups is 1. The average Bonchev–Trinajstić information content (AvgIpc) is 2.76. The number of hydrogen-bond acceptors (Lipinski definition) is 6. The summed E-state index contributed by atoms with van der Waals surface area (Å²) >= 11 is 12.4. The summed E-state index contributed by atoms with van der Waals surface area (Å²) < 4.78 is 32.4. The van der Waals surface area contributed by atoms with E-state index in [1.165, 1.54) is 5.01 Å². The summed E-state index contributed by atoms with van der Waals surface area (Å²) in [6.45, 7) is 2.98. The third-order valence-electron chi connectivity index (χ3n) is 3.57. The zero-order valence-corrected chi connectivity index (χ0v) is 14.8. The van der Waals surface area contributed by atoms with Gasteiger partial charge in [0, 0.05) is 0 Å². The molecule has 1 atom stereocenters. The molecule has 0 bridgehead atoms. The molecule has 0 aliphatic carbocycles. The molecule has 1 aliphatic heterocycles. The first-order chi connectivity index (χ1) is 10.6. The maximum Gasteiger partial charge on any atom is 0.267 e. The molecule has 0 spiro atoms. The van der Waals surface area contributed by atoms with Crippen LogP contribution in [0.3, 0.4) is 0 Å². The molecular formula is C13H17Cl2N3O4S. The first-order valence-electron chi connectivity index (χ1n) is 6.76. The molecule has 23 heavy (non-hydrogen) atoms. The first kappa shape index (κ1) is 18.3. The predicted molar refractivity (Wildman–Crippen MR) is 90.6 cm³/mol. The van der Waals surface area contributed by atoms with E-state index in [2.05, 4.69) is 10.6 Å². The highest BCUT2D eigenvalue weighted by Gasteiger charge is 2.51. The molecule has 1 aromatic carbocycles. The number of hydrogen-bond donors (Lipinski definition) is 3. The monoisotopic (exact) mass is 381 g/mol. The van der Waals surface area contributed by atoms with Crippen molar-refractivity contribution in [1.82, 2.24) is 5.53 Å². The number of para-hydroxylation sites is 1. The van der Waals surface area contributed by atoms with Gasteiger partial charge in [0.05, 0.1) is 28.1 Å². The van der Waals surface area contributed by atoms with Gasteiger partial charge in [-0.15, -0.1) is 0 Å². The van der Waals surface area contributed by atoms with Crippen molar-refractivity contribution >= 4 is 44.7 Å². The fourth-order valence-corrected chi connectivity index (χ4v) is 4.23. The molecule has 0 saturated carbocycles. The van der Waals surface area contributed by atoms with Crippen LogP contribution in [0.25, 0.3) is 0 Å². The smallest absolute Gasteiger partial charge is 0.267 e. The van der Waals surface area contributed by atoms with E-state index in [4.69, 9.17) is 23.2 Å². The number of nitrogens with zero attached hydrogens (tertiary/aromatic N) is 2. The third-order valence-corrected chi connectivity index (χ3v) is 5.02. The first-order valence-corrected chi connectivity index (χ1v) is 9.13. The van der Waals surface area contributed by atoms with Gasteiger partial charge in [-0.25, -0.2) is 5.53 Å². The molecule has 10 heteroatoms. The van der Waals surface area contributed by atoms with E-state index in [0.29, 0.717) is 5.71 Å². The van der Waals surface area contributed by atoms with E-state index in [-0.39, 0.29) is 21.7 Å². The molecule has 2 rings (SSSR count). The number of aliphatic hydroxyl groups excluding tert-OH is 1. The van der Waals surface area contributed by atoms with Gasteiger partial charge in [-0.1, -0.05) is 43.1 Å². The molecule has 1 unspecified atom stereocenters. The van der Waals surface area contributed by atoms with Gasteiger partial charge in [0.1, 0.15) is 11.3 Å². The van der Waals surface area contributed by atoms with Gasteiger partial charge in [-0.05, 0) is 18.1 Å². The van der Waals surface area contributed by atoms with Crippen LogP contribution in [-0.2, 0) is 10.1 Å². The Balaban J connectivity index is 2.64. The van der Waals surface area contributed by atoms with E-state index < -0.39 is 28.0 Å². The molecule has 1 aliphatic rings. The lowest BCUT2D eigenvalue weighted by Gasteiger charge is -2.38. The summed E-state index contributed by atoms with van der Waals surface area (Å²) in [6.07, 6.45) is 0. The highest BCUT2D eigenvalue weighted by molar-refractivity contribution is 7.85. The van der Waals surface area contributed by atoms with Gasteiger partial charge < -0.3 is 5.11 Å². The van der Waals surface area contributed by atoms with Gasteiger partial charge in [-0.2, -0.15) is 13.5 Å². The van der Waals surface area contributed by atoms with E-state index in [9.17, 15) is 18.1 Å². The second kappa shape index (κ2) is 6.45. The molecule has 7 nitrogen and oxygen atoms in total. The van der Waals surface area contributed by atoms with Crippen LogP contribution < -0.4 is 10.5 Å². The molecule has 1 aromatic rings. The molecule has 0 aromatic heterocycles. The average molecular weight is 382 g/mol. The van der Waals surface area contributed by atoms with Crippen molar-refractivity contribution in [2.45, 2.75) is 19.4 Å². The van der Waals surface area contributed by atoms with Crippen LogP contribution in [0.2, 0.25) is 10.0 Å². The van der Waals surface area contributed by atoms with E-state index in [1.807, 2.05) is 0 Å². The van der Waals surface area contributed by atoms with Crippen molar-refractivity contribution in [3.63, 3.8) is 0 Å². The predicted octanol–water partition coefficient (Wildman–Crippen LogP) is 1.95. The quantitative estimate of drug-likeness (QED) is 0.673. The number of rotatable bonds is 5. The van der Waals surface area contributed by atoms with Crippen molar-refractivity contribution in [1.29, 1.82) is 0 Å². The van der Waals surface area contributed by atoms with Crippen LogP contribution in [0.4, 0.5) is 5.69 Å². The van der Waals surface area contributed by atoms with Crippen LogP contribution in [0.15, 0.2) is 23.3 Å². The largest absolute Gasteiger partial charge is 0.393 e. The lowest BCUT2D eigenvalue weighted by molar-refractivity contribution is 0.236. The molecule has 0 fully saturated rings. The molecule has 3 N–H and O–H groups in total. The Morgan fingerprint density at radius 1 is 1.35 bits per heavy atom. The number of benzene rings is 1. The second-order valence-electron chi connectivity index (χ2n) is 5.57. The molecular weight excluding hydrogens is 365 g/mol. The van der Waals surface area contributed by atoms with Gasteiger partial charge in [-0.3, -0.25) is 9.56 Å². The van der Waals surface area contributed by atoms with Crippen LogP contribution in [-0.4, -0.2) is 41.7 Å². The third kappa shape index (κ3) is 3.41. The summed E-state index contributed by atoms with van der Waals surface area (Å²) in [6, 6.07) is 4.79. The van der Waals surface area contributed by atoms with Crippen LogP contribution >= 0.6 is 23.2 Å². The zero-order chi connectivity index (χ0) is 17.4. The Hall–Kier alpha value is -1.06. The topological polar surface area (TPSA) is 102 Å². The van der Waals surface area contributed by atoms with Crippen molar-refractivity contribution < 1.29 is 18.1 Å². The van der Waals surface area contributed by atoms with Gasteiger partial charge in [0.2, 0.25) is 0 Å². The maximum absolute atomic E-state index is 11.5. The van der Waals surface area contributed by atoms with Crippen molar-refractivity contribution in [2.75, 3.05) is 17.4 Å². The van der Waals surface area contributed by atoms with E-state index in [1.54, 1.807) is 32.0 Å². The molecule has 0 saturated heterocycles. The van der Waals surface area contributed by atoms with Gasteiger partial charge in [0.15, 0.2) is 0 Å². The SMILES string of the molecule is CC(C)C1=NNN(c2c(Cl)cccc2Cl)C1(CO)CS(=O)(=O)O. The highest BCUT2D eigenvalue weighted by Crippen LogP contribution is 2.39. The summed E-state index contributed by atoms with van der Waals surface area (Å²) in [5, 5.41) is 15.9. The summed E-state index contributed by atoms with van der Waals surface area (Å²) in [7, 11) is -4.42. The van der Waals surface area contributed by atoms with Crippen molar-refractivity contribution in [3.05, 3.63) is 28.2 Å². The van der Waals surface area contributed by atoms with Crippen LogP contribution in [0.5, 0.6) is 0 Å². The number of aliphatic hydroxyl groups is 1. The van der Waals surface area contributed by atoms with Gasteiger partial charge in [0.25, 0.3) is 10.1 Å². The minimum atomic E-state index is -4.42. The Morgan fingerprint density at radius 2 is 1.91 bits per heavy atom. The standard InChI is InChI=1S/C13H17Cl2N3O4S/c1-8(2)12-13(6-19,7-23(20,21)22)18(17-16-12)11-9(14)4-3-5-10(11)15/h3-5,8,17,19H,6-7H2,1-2H3,(H,20,21,22). The van der Waals surface area contributed by atoms with Gasteiger partial charge >= 0.3 is 0 Å². The fourth-order valence-electron chi connectivity index (χ4n) is 2.69. The van der Waals surface area contributed by atoms with Crippen molar-refractivity contribution in [2.24, 2.45) is 11.0 Å². The molecule has 1 heterocycles. The molecule has 0 radical (unpaired) electrons. The number of nitrogens with one attached hydrogen (secondary N) is 1. The molecule has 128 valence electrons. The van der Waals surface area contributed by atoms with E-state index >= 15 is 0 Å². The summed E-state index contributed by atoms with van der Waals surface area (Å²) in [5.41, 5.74) is 1.79. The fraction of sp³-hybridized carbons (Fsp3) is 0.462. The molecule has 0 amide bonds. The normalized spacial score (nSPS) is 21.5. The lowest BCUT2D eigenvalue weighted by Crippen LogP contribution is -2.61. The van der Waals surface area contributed by atoms with Crippen LogP contribution in [0, 0.1) is 5.92 Å². The summed E-state index contributed by atoms with van der Waals surface area (Å²) in [5.74, 6) is -0.954. The second-order valence-corrected chi connectivity index (χ2v) is 7.84. The Bertz CT molecular complexity index is 718. The minimum absolute atomic E-state index is 0.192. The number of halogens is 2. The zero-order valence-electron chi connectivity index (χ0n) is 12.5. The Kier molecular flexibility index (Phi) is 5.12. The van der Waals surface area contributed by atoms with Crippen LogP contribution in [0.1, 0.15) is 13.8 Å². The lowest BCUT2D eigenvalue weighted by atomic mass is 9.88. The van der Waals surface area contributed by atoms with E-state index in [0.717, 1.165) is 0 Å². The number of hydrazine groups is 1. The Morgan fingerprint density at radius 3 is 2.35 bits per heavy atom. The highest BCUT2D eigenvalue weighted by atomic mass is 35.5. The maximum atomic E-state index is 11.5. The number of anilines is 1. The van der Waals surface area contributed by atoms with Crippen molar-refractivity contribution in [3.8, 4) is 0 Å². The minimum Gasteiger partial charge on any atom is -0.393 e. The Labute approximate surface area is 144 Å².